The van der Waals surface area contributed by atoms with Crippen molar-refractivity contribution >= 4 is 0 Å². The smallest absolute Gasteiger partial charge is 0.227 e. The number of nitriles is 2. The van der Waals surface area contributed by atoms with Gasteiger partial charge in [0.15, 0.2) is 0 Å². The third-order valence-corrected chi connectivity index (χ3v) is 1.09. The molecular formula is C7H4N4. The minimum absolute atomic E-state index is 0.131. The number of hydrogen-bond acceptors (Lipinski definition) is 4. The van der Waals surface area contributed by atoms with E-state index < -0.39 is 0 Å². The molecule has 0 aliphatic heterocycles. The summed E-state index contributed by atoms with van der Waals surface area (Å²) < 4.78 is 0. The van der Waals surface area contributed by atoms with Crippen molar-refractivity contribution in [1.29, 1.82) is 10.5 Å². The lowest BCUT2D eigenvalue weighted by atomic mass is 10.3. The Labute approximate surface area is 63.8 Å². The van der Waals surface area contributed by atoms with Crippen LogP contribution in [0.4, 0.5) is 0 Å². The highest BCUT2D eigenvalue weighted by molar-refractivity contribution is 5.15. The van der Waals surface area contributed by atoms with Crippen LogP contribution in [0.2, 0.25) is 0 Å². The second-order valence-electron chi connectivity index (χ2n) is 1.86. The first-order valence-electron chi connectivity index (χ1n) is 2.95. The van der Waals surface area contributed by atoms with E-state index in [0.29, 0.717) is 0 Å². The van der Waals surface area contributed by atoms with Crippen LogP contribution in [0.3, 0.4) is 0 Å². The molecule has 0 atom stereocenters. The quantitative estimate of drug-likeness (QED) is 0.572. The summed E-state index contributed by atoms with van der Waals surface area (Å²) in [6.45, 7) is 0. The van der Waals surface area contributed by atoms with Crippen molar-refractivity contribution in [3.8, 4) is 12.1 Å². The molecule has 0 N–H and O–H groups in total. The maximum atomic E-state index is 8.32. The van der Waals surface area contributed by atoms with E-state index in [4.69, 9.17) is 10.5 Å². The van der Waals surface area contributed by atoms with E-state index in [2.05, 4.69) is 9.97 Å². The Kier molecular flexibility index (Phi) is 2.14. The molecule has 1 aromatic rings. The first kappa shape index (κ1) is 7.17. The molecule has 0 fully saturated rings. The van der Waals surface area contributed by atoms with E-state index in [1.54, 1.807) is 6.07 Å². The molecule has 11 heavy (non-hydrogen) atoms. The second-order valence-corrected chi connectivity index (χ2v) is 1.86. The summed E-state index contributed by atoms with van der Waals surface area (Å²) in [4.78, 5) is 7.38. The van der Waals surface area contributed by atoms with Gasteiger partial charge in [-0.1, -0.05) is 0 Å². The summed E-state index contributed by atoms with van der Waals surface area (Å²) >= 11 is 0. The Morgan fingerprint density at radius 1 is 1.27 bits per heavy atom. The highest BCUT2D eigenvalue weighted by Gasteiger charge is 1.93. The van der Waals surface area contributed by atoms with E-state index in [1.807, 2.05) is 6.07 Å². The van der Waals surface area contributed by atoms with Gasteiger partial charge in [0.1, 0.15) is 6.07 Å². The van der Waals surface area contributed by atoms with E-state index in [9.17, 15) is 0 Å². The van der Waals surface area contributed by atoms with Gasteiger partial charge in [0.25, 0.3) is 0 Å². The van der Waals surface area contributed by atoms with Gasteiger partial charge >= 0.3 is 0 Å². The van der Waals surface area contributed by atoms with Crippen molar-refractivity contribution < 1.29 is 0 Å². The van der Waals surface area contributed by atoms with Crippen LogP contribution in [-0.2, 0) is 6.42 Å². The van der Waals surface area contributed by atoms with Gasteiger partial charge in [0.2, 0.25) is 5.82 Å². The monoisotopic (exact) mass is 144 g/mol. The maximum absolute atomic E-state index is 8.32. The molecule has 0 saturated heterocycles. The van der Waals surface area contributed by atoms with E-state index >= 15 is 0 Å². The average Bonchev–Trinajstić information content (AvgIpc) is 2.07. The van der Waals surface area contributed by atoms with Crippen LogP contribution in [0.25, 0.3) is 0 Å². The van der Waals surface area contributed by atoms with Crippen LogP contribution >= 0.6 is 0 Å². The van der Waals surface area contributed by atoms with Crippen LogP contribution in [0.5, 0.6) is 0 Å². The van der Waals surface area contributed by atoms with E-state index in [-0.39, 0.29) is 12.2 Å². The standard InChI is InChI=1S/C7H4N4/c8-2-1-6-4-10-7(3-9)11-5-6/h4-5H,1H2. The number of nitrogens with zero attached hydrogens (tertiary/aromatic N) is 4. The Balaban J connectivity index is 2.87. The lowest BCUT2D eigenvalue weighted by Crippen LogP contribution is -1.90. The normalized spacial score (nSPS) is 8.18. The summed E-state index contributed by atoms with van der Waals surface area (Å²) in [7, 11) is 0. The topological polar surface area (TPSA) is 73.4 Å². The molecule has 0 spiro atoms. The van der Waals surface area contributed by atoms with Gasteiger partial charge in [0, 0.05) is 18.0 Å². The zero-order valence-electron chi connectivity index (χ0n) is 5.65. The number of rotatable bonds is 1. The summed E-state index contributed by atoms with van der Waals surface area (Å²) in [6.07, 6.45) is 3.25. The van der Waals surface area contributed by atoms with Crippen molar-refractivity contribution in [2.45, 2.75) is 6.42 Å². The number of aromatic nitrogens is 2. The van der Waals surface area contributed by atoms with Crippen LogP contribution in [0, 0.1) is 22.7 Å². The summed E-state index contributed by atoms with van der Waals surface area (Å²) in [5, 5.41) is 16.6. The first-order valence-corrected chi connectivity index (χ1v) is 2.95. The minimum atomic E-state index is 0.131. The molecule has 4 heteroatoms. The van der Waals surface area contributed by atoms with Crippen LogP contribution in [0.1, 0.15) is 11.4 Å². The van der Waals surface area contributed by atoms with Crippen molar-refractivity contribution in [2.24, 2.45) is 0 Å². The second kappa shape index (κ2) is 3.28. The molecular weight excluding hydrogens is 140 g/mol. The number of hydrogen-bond donors (Lipinski definition) is 0. The summed E-state index contributed by atoms with van der Waals surface area (Å²) in [6, 6.07) is 3.75. The van der Waals surface area contributed by atoms with E-state index in [1.165, 1.54) is 12.4 Å². The van der Waals surface area contributed by atoms with Crippen LogP contribution in [-0.4, -0.2) is 9.97 Å². The Morgan fingerprint density at radius 3 is 2.36 bits per heavy atom. The lowest BCUT2D eigenvalue weighted by molar-refractivity contribution is 1.06. The predicted octanol–water partition coefficient (Wildman–Crippen LogP) is 0.414. The van der Waals surface area contributed by atoms with Gasteiger partial charge in [0.05, 0.1) is 12.5 Å². The Morgan fingerprint density at radius 2 is 1.91 bits per heavy atom. The molecule has 0 aliphatic carbocycles. The molecule has 0 amide bonds. The molecule has 52 valence electrons. The maximum Gasteiger partial charge on any atom is 0.232 e. The summed E-state index contributed by atoms with van der Waals surface area (Å²) in [5.74, 6) is 0.131. The molecule has 1 rings (SSSR count). The van der Waals surface area contributed by atoms with Gasteiger partial charge in [-0.25, -0.2) is 9.97 Å². The molecule has 0 unspecified atom stereocenters. The van der Waals surface area contributed by atoms with Gasteiger partial charge in [-0.2, -0.15) is 10.5 Å². The summed E-state index contributed by atoms with van der Waals surface area (Å²) in [5.41, 5.74) is 0.728. The zero-order chi connectivity index (χ0) is 8.10. The minimum Gasteiger partial charge on any atom is -0.227 e. The third-order valence-electron chi connectivity index (χ3n) is 1.09. The third kappa shape index (κ3) is 1.74. The molecule has 0 aromatic carbocycles. The largest absolute Gasteiger partial charge is 0.232 e. The molecule has 0 bridgehead atoms. The predicted molar refractivity (Wildman–Crippen MR) is 36.1 cm³/mol. The fourth-order valence-electron chi connectivity index (χ4n) is 0.595. The van der Waals surface area contributed by atoms with Gasteiger partial charge in [-0.05, 0) is 0 Å². The van der Waals surface area contributed by atoms with Crippen LogP contribution < -0.4 is 0 Å². The average molecular weight is 144 g/mol. The van der Waals surface area contributed by atoms with Crippen molar-refractivity contribution in [3.63, 3.8) is 0 Å². The highest BCUT2D eigenvalue weighted by atomic mass is 14.9. The SMILES string of the molecule is N#CCc1cnc(C#N)nc1. The zero-order valence-corrected chi connectivity index (χ0v) is 5.65. The lowest BCUT2D eigenvalue weighted by Gasteiger charge is -1.90. The van der Waals surface area contributed by atoms with E-state index in [0.717, 1.165) is 5.56 Å². The highest BCUT2D eigenvalue weighted by Crippen LogP contribution is 1.94. The molecule has 1 aromatic heterocycles. The molecule has 0 radical (unpaired) electrons. The van der Waals surface area contributed by atoms with Crippen LogP contribution in [0.15, 0.2) is 12.4 Å². The van der Waals surface area contributed by atoms with Crippen molar-refractivity contribution in [3.05, 3.63) is 23.8 Å². The van der Waals surface area contributed by atoms with Gasteiger partial charge < -0.3 is 0 Å². The fourth-order valence-corrected chi connectivity index (χ4v) is 0.595. The van der Waals surface area contributed by atoms with Gasteiger partial charge in [-0.3, -0.25) is 0 Å². The first-order chi connectivity index (χ1) is 5.36. The Hall–Kier alpha value is -1.94. The Bertz CT molecular complexity index is 314. The molecule has 0 saturated carbocycles. The van der Waals surface area contributed by atoms with Gasteiger partial charge in [-0.15, -0.1) is 0 Å². The molecule has 1 heterocycles. The van der Waals surface area contributed by atoms with Crippen molar-refractivity contribution in [1.82, 2.24) is 9.97 Å². The molecule has 4 nitrogen and oxygen atoms in total. The van der Waals surface area contributed by atoms with Crippen molar-refractivity contribution in [2.75, 3.05) is 0 Å². The fraction of sp³-hybridized carbons (Fsp3) is 0.143. The molecule has 0 aliphatic rings.